The summed E-state index contributed by atoms with van der Waals surface area (Å²) in [4.78, 5) is 12.8. The molecule has 16 heavy (non-hydrogen) atoms. The molecule has 0 saturated heterocycles. The standard InChI is InChI=1S/C13H19NO2/c1-10(2)16-12-7-5-11(6-8-12)13(9-15)14(3)4/h5-10,13H,1-4H3. The molecule has 1 unspecified atom stereocenters. The number of hydrogen-bond donors (Lipinski definition) is 0. The summed E-state index contributed by atoms with van der Waals surface area (Å²) in [5.74, 6) is 0.835. The molecular weight excluding hydrogens is 202 g/mol. The van der Waals surface area contributed by atoms with E-state index in [4.69, 9.17) is 4.74 Å². The highest BCUT2D eigenvalue weighted by Crippen LogP contribution is 2.20. The van der Waals surface area contributed by atoms with E-state index in [0.717, 1.165) is 17.6 Å². The summed E-state index contributed by atoms with van der Waals surface area (Å²) in [5, 5.41) is 0. The fourth-order valence-electron chi connectivity index (χ4n) is 1.51. The predicted octanol–water partition coefficient (Wildman–Crippen LogP) is 2.28. The smallest absolute Gasteiger partial charge is 0.141 e. The first-order valence-corrected chi connectivity index (χ1v) is 5.43. The van der Waals surface area contributed by atoms with Crippen molar-refractivity contribution in [1.29, 1.82) is 0 Å². The van der Waals surface area contributed by atoms with Crippen molar-refractivity contribution in [2.45, 2.75) is 26.0 Å². The molecule has 1 aromatic carbocycles. The lowest BCUT2D eigenvalue weighted by Crippen LogP contribution is -2.20. The van der Waals surface area contributed by atoms with Crippen molar-refractivity contribution in [3.63, 3.8) is 0 Å². The third kappa shape index (κ3) is 3.35. The van der Waals surface area contributed by atoms with Gasteiger partial charge in [-0.05, 0) is 45.6 Å². The second kappa shape index (κ2) is 5.66. The molecule has 3 heteroatoms. The fourth-order valence-corrected chi connectivity index (χ4v) is 1.51. The number of ether oxygens (including phenoxy) is 1. The van der Waals surface area contributed by atoms with Crippen LogP contribution in [0.4, 0.5) is 0 Å². The summed E-state index contributed by atoms with van der Waals surface area (Å²) in [6.07, 6.45) is 1.11. The maximum Gasteiger partial charge on any atom is 0.141 e. The lowest BCUT2D eigenvalue weighted by Gasteiger charge is -2.19. The van der Waals surface area contributed by atoms with E-state index in [9.17, 15) is 4.79 Å². The lowest BCUT2D eigenvalue weighted by atomic mass is 10.1. The van der Waals surface area contributed by atoms with Gasteiger partial charge in [-0.2, -0.15) is 0 Å². The third-order valence-corrected chi connectivity index (χ3v) is 2.28. The first kappa shape index (κ1) is 12.7. The van der Waals surface area contributed by atoms with Crippen molar-refractivity contribution in [1.82, 2.24) is 4.90 Å². The molecule has 0 aliphatic rings. The van der Waals surface area contributed by atoms with Crippen LogP contribution in [-0.2, 0) is 4.79 Å². The zero-order chi connectivity index (χ0) is 12.1. The molecule has 0 spiro atoms. The van der Waals surface area contributed by atoms with Crippen molar-refractivity contribution < 1.29 is 9.53 Å². The Labute approximate surface area is 97.0 Å². The summed E-state index contributed by atoms with van der Waals surface area (Å²) >= 11 is 0. The highest BCUT2D eigenvalue weighted by molar-refractivity contribution is 5.61. The zero-order valence-electron chi connectivity index (χ0n) is 10.3. The van der Waals surface area contributed by atoms with Crippen LogP contribution in [0.1, 0.15) is 25.5 Å². The van der Waals surface area contributed by atoms with Gasteiger partial charge in [0.25, 0.3) is 0 Å². The third-order valence-electron chi connectivity index (χ3n) is 2.28. The van der Waals surface area contributed by atoms with Gasteiger partial charge in [0, 0.05) is 0 Å². The topological polar surface area (TPSA) is 29.5 Å². The molecule has 0 saturated carbocycles. The van der Waals surface area contributed by atoms with Crippen LogP contribution < -0.4 is 4.74 Å². The minimum Gasteiger partial charge on any atom is -0.491 e. The minimum absolute atomic E-state index is 0.168. The highest BCUT2D eigenvalue weighted by Gasteiger charge is 2.12. The Morgan fingerprint density at radius 2 is 1.75 bits per heavy atom. The Morgan fingerprint density at radius 1 is 1.19 bits per heavy atom. The first-order valence-electron chi connectivity index (χ1n) is 5.43. The zero-order valence-corrected chi connectivity index (χ0v) is 10.3. The number of benzene rings is 1. The van der Waals surface area contributed by atoms with Gasteiger partial charge in [-0.25, -0.2) is 0 Å². The Morgan fingerprint density at radius 3 is 2.12 bits per heavy atom. The maximum atomic E-state index is 10.9. The van der Waals surface area contributed by atoms with Crippen LogP contribution in [0, 0.1) is 0 Å². The largest absolute Gasteiger partial charge is 0.491 e. The molecule has 0 N–H and O–H groups in total. The second-order valence-electron chi connectivity index (χ2n) is 4.28. The number of hydrogen-bond acceptors (Lipinski definition) is 3. The summed E-state index contributed by atoms with van der Waals surface area (Å²) < 4.78 is 5.54. The number of likely N-dealkylation sites (N-methyl/N-ethyl adjacent to an activating group) is 1. The average molecular weight is 221 g/mol. The number of carbonyl (C=O) groups is 1. The average Bonchev–Trinajstić information content (AvgIpc) is 2.20. The maximum absolute atomic E-state index is 10.9. The molecule has 1 aromatic rings. The molecule has 1 atom stereocenters. The molecule has 0 radical (unpaired) electrons. The van der Waals surface area contributed by atoms with Crippen LogP contribution in [0.2, 0.25) is 0 Å². The van der Waals surface area contributed by atoms with Gasteiger partial charge in [-0.1, -0.05) is 12.1 Å². The summed E-state index contributed by atoms with van der Waals surface area (Å²) in [7, 11) is 3.77. The van der Waals surface area contributed by atoms with E-state index in [1.54, 1.807) is 0 Å². The molecule has 3 nitrogen and oxygen atoms in total. The normalized spacial score (nSPS) is 12.9. The van der Waals surface area contributed by atoms with Crippen LogP contribution in [0.3, 0.4) is 0 Å². The Balaban J connectivity index is 2.81. The summed E-state index contributed by atoms with van der Waals surface area (Å²) in [5.41, 5.74) is 0.983. The summed E-state index contributed by atoms with van der Waals surface area (Å²) in [6.45, 7) is 3.98. The molecule has 0 fully saturated rings. The Hall–Kier alpha value is -1.35. The van der Waals surface area contributed by atoms with E-state index in [1.807, 2.05) is 57.1 Å². The van der Waals surface area contributed by atoms with E-state index in [0.29, 0.717) is 0 Å². The molecule has 88 valence electrons. The molecule has 0 aromatic heterocycles. The van der Waals surface area contributed by atoms with Gasteiger partial charge in [0.2, 0.25) is 0 Å². The summed E-state index contributed by atoms with van der Waals surface area (Å²) in [6, 6.07) is 7.46. The van der Waals surface area contributed by atoms with Crippen molar-refractivity contribution in [2.75, 3.05) is 14.1 Å². The Bertz CT molecular complexity index is 330. The van der Waals surface area contributed by atoms with Crippen LogP contribution in [0.25, 0.3) is 0 Å². The van der Waals surface area contributed by atoms with Gasteiger partial charge in [-0.3, -0.25) is 4.90 Å². The van der Waals surface area contributed by atoms with Gasteiger partial charge in [0.05, 0.1) is 12.1 Å². The van der Waals surface area contributed by atoms with E-state index in [2.05, 4.69) is 0 Å². The molecule has 0 aliphatic heterocycles. The van der Waals surface area contributed by atoms with Crippen molar-refractivity contribution in [3.8, 4) is 5.75 Å². The quantitative estimate of drug-likeness (QED) is 0.714. The minimum atomic E-state index is -0.187. The van der Waals surface area contributed by atoms with Crippen molar-refractivity contribution >= 4 is 6.29 Å². The van der Waals surface area contributed by atoms with Crippen LogP contribution in [0.15, 0.2) is 24.3 Å². The molecule has 1 rings (SSSR count). The number of rotatable bonds is 5. The van der Waals surface area contributed by atoms with Gasteiger partial charge in [-0.15, -0.1) is 0 Å². The molecular formula is C13H19NO2. The van der Waals surface area contributed by atoms with Gasteiger partial charge >= 0.3 is 0 Å². The SMILES string of the molecule is CC(C)Oc1ccc(C(C=O)N(C)C)cc1. The van der Waals surface area contributed by atoms with Gasteiger partial charge < -0.3 is 9.53 Å². The van der Waals surface area contributed by atoms with Gasteiger partial charge in [0.15, 0.2) is 0 Å². The molecule has 0 amide bonds. The van der Waals surface area contributed by atoms with Crippen LogP contribution in [-0.4, -0.2) is 31.4 Å². The fraction of sp³-hybridized carbons (Fsp3) is 0.462. The molecule has 0 bridgehead atoms. The number of nitrogens with zero attached hydrogens (tertiary/aromatic N) is 1. The van der Waals surface area contributed by atoms with Crippen molar-refractivity contribution in [3.05, 3.63) is 29.8 Å². The van der Waals surface area contributed by atoms with Crippen molar-refractivity contribution in [2.24, 2.45) is 0 Å². The van der Waals surface area contributed by atoms with E-state index in [1.165, 1.54) is 0 Å². The van der Waals surface area contributed by atoms with Crippen LogP contribution in [0.5, 0.6) is 5.75 Å². The van der Waals surface area contributed by atoms with Crippen LogP contribution >= 0.6 is 0 Å². The number of aldehydes is 1. The Kier molecular flexibility index (Phi) is 4.50. The van der Waals surface area contributed by atoms with E-state index < -0.39 is 0 Å². The van der Waals surface area contributed by atoms with E-state index >= 15 is 0 Å². The predicted molar refractivity (Wildman–Crippen MR) is 64.7 cm³/mol. The van der Waals surface area contributed by atoms with E-state index in [-0.39, 0.29) is 12.1 Å². The lowest BCUT2D eigenvalue weighted by molar-refractivity contribution is -0.111. The molecule has 0 aliphatic carbocycles. The second-order valence-corrected chi connectivity index (χ2v) is 4.28. The van der Waals surface area contributed by atoms with Gasteiger partial charge in [0.1, 0.15) is 12.0 Å². The molecule has 0 heterocycles. The number of carbonyl (C=O) groups excluding carboxylic acids is 1. The monoisotopic (exact) mass is 221 g/mol. The first-order chi connectivity index (χ1) is 7.54. The highest BCUT2D eigenvalue weighted by atomic mass is 16.5.